The Morgan fingerprint density at radius 3 is 1.94 bits per heavy atom. The van der Waals surface area contributed by atoms with Crippen molar-refractivity contribution < 1.29 is 9.72 Å². The van der Waals surface area contributed by atoms with Crippen LogP contribution in [0.4, 0.5) is 11.4 Å². The number of nitro groups is 1. The molecule has 0 aliphatic carbocycles. The lowest BCUT2D eigenvalue weighted by molar-refractivity contribution is -0.384. The van der Waals surface area contributed by atoms with E-state index in [1.165, 1.54) is 12.1 Å². The highest BCUT2D eigenvalue weighted by molar-refractivity contribution is 6.31. The van der Waals surface area contributed by atoms with E-state index in [9.17, 15) is 14.9 Å². The lowest BCUT2D eigenvalue weighted by Gasteiger charge is -2.46. The predicted molar refractivity (Wildman–Crippen MR) is 136 cm³/mol. The van der Waals surface area contributed by atoms with Gasteiger partial charge in [-0.1, -0.05) is 90.5 Å². The Labute approximate surface area is 208 Å². The number of rotatable bonds is 6. The maximum absolute atomic E-state index is 13.9. The van der Waals surface area contributed by atoms with Crippen LogP contribution in [-0.4, -0.2) is 15.7 Å². The molecule has 0 fully saturated rings. The topological polar surface area (TPSA) is 66.7 Å². The van der Waals surface area contributed by atoms with Gasteiger partial charge in [0.1, 0.15) is 6.17 Å². The first-order chi connectivity index (χ1) is 17.0. The summed E-state index contributed by atoms with van der Waals surface area (Å²) in [7, 11) is 0. The number of hydrogen-bond donors (Lipinski definition) is 0. The van der Waals surface area contributed by atoms with Crippen LogP contribution in [-0.2, 0) is 13.1 Å². The number of nitrogens with zero attached hydrogens (tertiary/aromatic N) is 3. The monoisotopic (exact) mass is 483 g/mol. The van der Waals surface area contributed by atoms with Gasteiger partial charge in [-0.2, -0.15) is 0 Å². The van der Waals surface area contributed by atoms with Crippen LogP contribution in [0.15, 0.2) is 103 Å². The predicted octanol–water partition coefficient (Wildman–Crippen LogP) is 6.61. The molecule has 0 bridgehead atoms. The van der Waals surface area contributed by atoms with Gasteiger partial charge in [0, 0.05) is 35.8 Å². The van der Waals surface area contributed by atoms with Crippen molar-refractivity contribution in [1.29, 1.82) is 0 Å². The van der Waals surface area contributed by atoms with E-state index in [0.29, 0.717) is 29.4 Å². The summed E-state index contributed by atoms with van der Waals surface area (Å²) in [5.41, 5.74) is 3.60. The number of amides is 1. The van der Waals surface area contributed by atoms with Crippen molar-refractivity contribution in [2.45, 2.75) is 19.3 Å². The molecule has 0 N–H and O–H groups in total. The fourth-order valence-corrected chi connectivity index (χ4v) is 4.77. The van der Waals surface area contributed by atoms with Crippen LogP contribution in [0.25, 0.3) is 0 Å². The molecule has 1 amide bonds. The molecule has 4 aromatic rings. The summed E-state index contributed by atoms with van der Waals surface area (Å²) in [5, 5.41) is 12.1. The fraction of sp³-hybridized carbons (Fsp3) is 0.107. The van der Waals surface area contributed by atoms with Gasteiger partial charge in [0.25, 0.3) is 11.6 Å². The third kappa shape index (κ3) is 4.48. The number of halogens is 1. The SMILES string of the molecule is O=C1c2cc([N+](=O)[O-])ccc2N(Cc2ccccc2)[C@@H](c2ccccc2Cl)N1Cc1ccccc1. The van der Waals surface area contributed by atoms with E-state index in [2.05, 4.69) is 4.90 Å². The first kappa shape index (κ1) is 22.6. The normalized spacial score (nSPS) is 15.1. The highest BCUT2D eigenvalue weighted by Gasteiger charge is 2.40. The molecule has 0 saturated carbocycles. The summed E-state index contributed by atoms with van der Waals surface area (Å²) in [6.07, 6.45) is -0.509. The van der Waals surface area contributed by atoms with Gasteiger partial charge >= 0.3 is 0 Å². The number of fused-ring (bicyclic) bond motifs is 1. The molecule has 6 nitrogen and oxygen atoms in total. The molecule has 1 aliphatic rings. The molecule has 35 heavy (non-hydrogen) atoms. The van der Waals surface area contributed by atoms with Crippen molar-refractivity contribution >= 4 is 28.9 Å². The quantitative estimate of drug-likeness (QED) is 0.228. The third-order valence-electron chi connectivity index (χ3n) is 6.16. The van der Waals surface area contributed by atoms with Gasteiger partial charge in [-0.15, -0.1) is 0 Å². The zero-order chi connectivity index (χ0) is 24.4. The molecule has 0 unspecified atom stereocenters. The van der Waals surface area contributed by atoms with Gasteiger partial charge in [0.2, 0.25) is 0 Å². The van der Waals surface area contributed by atoms with E-state index in [4.69, 9.17) is 11.6 Å². The molecular weight excluding hydrogens is 462 g/mol. The second kappa shape index (κ2) is 9.60. The van der Waals surface area contributed by atoms with Crippen molar-refractivity contribution in [3.05, 3.63) is 141 Å². The van der Waals surface area contributed by atoms with Crippen LogP contribution in [0, 0.1) is 10.1 Å². The van der Waals surface area contributed by atoms with Crippen LogP contribution in [0.3, 0.4) is 0 Å². The first-order valence-electron chi connectivity index (χ1n) is 11.2. The molecule has 174 valence electrons. The Bertz CT molecular complexity index is 1380. The van der Waals surface area contributed by atoms with E-state index >= 15 is 0 Å². The van der Waals surface area contributed by atoms with Gasteiger partial charge in [-0.3, -0.25) is 14.9 Å². The molecule has 1 atom stereocenters. The zero-order valence-electron chi connectivity index (χ0n) is 18.8. The summed E-state index contributed by atoms with van der Waals surface area (Å²) < 4.78 is 0. The number of hydrogen-bond acceptors (Lipinski definition) is 4. The Hall–Kier alpha value is -4.16. The van der Waals surface area contributed by atoms with Crippen molar-refractivity contribution in [2.75, 3.05) is 4.90 Å². The smallest absolute Gasteiger partial charge is 0.270 e. The fourth-order valence-electron chi connectivity index (χ4n) is 4.54. The molecule has 1 aliphatic heterocycles. The molecule has 0 saturated heterocycles. The molecule has 0 radical (unpaired) electrons. The second-order valence-corrected chi connectivity index (χ2v) is 8.79. The maximum Gasteiger partial charge on any atom is 0.270 e. The lowest BCUT2D eigenvalue weighted by atomic mass is 9.98. The average Bonchev–Trinajstić information content (AvgIpc) is 2.88. The number of anilines is 1. The summed E-state index contributed by atoms with van der Waals surface area (Å²) in [4.78, 5) is 28.8. The summed E-state index contributed by atoms with van der Waals surface area (Å²) in [6.45, 7) is 0.809. The molecule has 0 spiro atoms. The van der Waals surface area contributed by atoms with Crippen molar-refractivity contribution in [2.24, 2.45) is 0 Å². The van der Waals surface area contributed by atoms with Gasteiger partial charge in [0.15, 0.2) is 0 Å². The largest absolute Gasteiger partial charge is 0.342 e. The highest BCUT2D eigenvalue weighted by atomic mass is 35.5. The van der Waals surface area contributed by atoms with Gasteiger partial charge in [-0.25, -0.2) is 0 Å². The third-order valence-corrected chi connectivity index (χ3v) is 6.50. The summed E-state index contributed by atoms with van der Waals surface area (Å²) in [6, 6.07) is 31.6. The zero-order valence-corrected chi connectivity index (χ0v) is 19.5. The lowest BCUT2D eigenvalue weighted by Crippen LogP contribution is -2.49. The molecular formula is C28H22ClN3O3. The minimum absolute atomic E-state index is 0.118. The number of carbonyl (C=O) groups excluding carboxylic acids is 1. The van der Waals surface area contributed by atoms with Crippen LogP contribution in [0.2, 0.25) is 5.02 Å². The van der Waals surface area contributed by atoms with E-state index in [1.54, 1.807) is 11.0 Å². The first-order valence-corrected chi connectivity index (χ1v) is 11.6. The van der Waals surface area contributed by atoms with Gasteiger partial charge in [-0.05, 0) is 23.3 Å². The minimum atomic E-state index is -0.509. The Morgan fingerprint density at radius 1 is 0.771 bits per heavy atom. The maximum atomic E-state index is 13.9. The van der Waals surface area contributed by atoms with E-state index in [-0.39, 0.29) is 11.6 Å². The highest BCUT2D eigenvalue weighted by Crippen LogP contribution is 2.43. The van der Waals surface area contributed by atoms with E-state index in [1.807, 2.05) is 84.9 Å². The number of benzene rings is 4. The number of non-ortho nitro benzene ring substituents is 1. The number of carbonyl (C=O) groups is 1. The molecule has 0 aromatic heterocycles. The summed E-state index contributed by atoms with van der Waals surface area (Å²) in [5.74, 6) is -0.276. The second-order valence-electron chi connectivity index (χ2n) is 8.39. The van der Waals surface area contributed by atoms with Crippen molar-refractivity contribution in [3.63, 3.8) is 0 Å². The van der Waals surface area contributed by atoms with Crippen molar-refractivity contribution in [3.8, 4) is 0 Å². The van der Waals surface area contributed by atoms with Gasteiger partial charge in [0.05, 0.1) is 16.2 Å². The van der Waals surface area contributed by atoms with E-state index in [0.717, 1.165) is 16.7 Å². The Balaban J connectivity index is 1.71. The average molecular weight is 484 g/mol. The van der Waals surface area contributed by atoms with Gasteiger partial charge < -0.3 is 9.80 Å². The minimum Gasteiger partial charge on any atom is -0.342 e. The Kier molecular flexibility index (Phi) is 6.21. The van der Waals surface area contributed by atoms with Crippen LogP contribution in [0.5, 0.6) is 0 Å². The van der Waals surface area contributed by atoms with Crippen LogP contribution < -0.4 is 4.90 Å². The number of nitro benzene ring substituents is 1. The van der Waals surface area contributed by atoms with E-state index < -0.39 is 11.1 Å². The van der Waals surface area contributed by atoms with Crippen molar-refractivity contribution in [1.82, 2.24) is 4.90 Å². The van der Waals surface area contributed by atoms with Crippen LogP contribution in [0.1, 0.15) is 33.2 Å². The molecule has 1 heterocycles. The molecule has 5 rings (SSSR count). The summed E-state index contributed by atoms with van der Waals surface area (Å²) >= 11 is 6.68. The molecule has 7 heteroatoms. The molecule has 4 aromatic carbocycles. The Morgan fingerprint density at radius 2 is 1.34 bits per heavy atom. The van der Waals surface area contributed by atoms with Crippen LogP contribution >= 0.6 is 11.6 Å². The standard InChI is InChI=1S/C28H22ClN3O3/c29-25-14-8-7-13-23(25)27-30(18-20-9-3-1-4-10-20)26-16-15-22(32(34)35)17-24(26)28(33)31(27)19-21-11-5-2-6-12-21/h1-17,27H,18-19H2/t27-/m1/s1.